The molecule has 16 nitrogen and oxygen atoms in total. The summed E-state index contributed by atoms with van der Waals surface area (Å²) in [5.74, 6) is -10.9. The van der Waals surface area contributed by atoms with Crippen LogP contribution in [0, 0.1) is 58.2 Å². The zero-order chi connectivity index (χ0) is 47.8. The van der Waals surface area contributed by atoms with Crippen molar-refractivity contribution in [2.24, 2.45) is 75.4 Å². The molecule has 0 saturated heterocycles. The van der Waals surface area contributed by atoms with E-state index in [0.717, 1.165) is 12.8 Å². The molecule has 16 heteroatoms. The molecule has 0 aromatic rings. The highest BCUT2D eigenvalue weighted by Crippen LogP contribution is 2.37. The highest BCUT2D eigenvalue weighted by Gasteiger charge is 2.41. The van der Waals surface area contributed by atoms with Gasteiger partial charge in [-0.05, 0) is 87.9 Å². The zero-order valence-electron chi connectivity index (χ0n) is 40.1. The van der Waals surface area contributed by atoms with Gasteiger partial charge in [0.1, 0.15) is 0 Å². The van der Waals surface area contributed by atoms with Gasteiger partial charge in [-0.15, -0.1) is 0 Å². The Kier molecular flexibility index (Phi) is 27.2. The Labute approximate surface area is 372 Å². The van der Waals surface area contributed by atoms with Crippen molar-refractivity contribution in [3.63, 3.8) is 0 Å². The van der Waals surface area contributed by atoms with Gasteiger partial charge in [0.25, 0.3) is 0 Å². The van der Waals surface area contributed by atoms with Crippen LogP contribution >= 0.6 is 0 Å². The van der Waals surface area contributed by atoms with Crippen LogP contribution in [0.4, 0.5) is 0 Å². The first-order valence-corrected chi connectivity index (χ1v) is 23.2. The van der Waals surface area contributed by atoms with Crippen LogP contribution in [-0.2, 0) is 38.4 Å². The molecule has 0 bridgehead atoms. The molecule has 11 N–H and O–H groups in total. The molecule has 62 heavy (non-hydrogen) atoms. The first kappa shape index (κ1) is 57.8. The Bertz CT molecular complexity index is 1440. The van der Waals surface area contributed by atoms with Crippen molar-refractivity contribution in [2.45, 2.75) is 153 Å². The smallest absolute Gasteiger partial charge is 0.223 e. The maximum Gasteiger partial charge on any atom is 0.223 e. The second kappa shape index (κ2) is 29.2. The summed E-state index contributed by atoms with van der Waals surface area (Å²) in [6, 6.07) is 0. The summed E-state index contributed by atoms with van der Waals surface area (Å²) < 4.78 is 0. The van der Waals surface area contributed by atoms with E-state index in [-0.39, 0.29) is 62.7 Å². The standard InChI is InChI=1S/C46H86N8O8/c1-12-17-50-40(58)32(26-33(41(59)51-18-13-2)25-31(39(49)57)27-35(45(6,7)8)43(61)53-20-15-4)23-29(37(47)55)22-30(38(48)56)24-34(42(60)52-19-14-3)28-36(46(9,10)11)44(62)54-21-16-5/h29-36H,12-28H2,1-11H3,(H2,47,55)(H2,48,56)(H2,49,57)(H,50,58)(H,51,59)(H,52,60)(H,53,61)(H,54,62). The summed E-state index contributed by atoms with van der Waals surface area (Å²) in [7, 11) is 0. The van der Waals surface area contributed by atoms with Gasteiger partial charge < -0.3 is 43.8 Å². The van der Waals surface area contributed by atoms with Crippen LogP contribution in [0.1, 0.15) is 153 Å². The fourth-order valence-corrected chi connectivity index (χ4v) is 7.83. The number of hydrogen-bond acceptors (Lipinski definition) is 8. The van der Waals surface area contributed by atoms with Crippen molar-refractivity contribution >= 4 is 47.3 Å². The summed E-state index contributed by atoms with van der Waals surface area (Å²) in [5.41, 5.74) is 16.9. The van der Waals surface area contributed by atoms with E-state index in [2.05, 4.69) is 26.6 Å². The van der Waals surface area contributed by atoms with Gasteiger partial charge in [0.05, 0.1) is 0 Å². The molecule has 0 aliphatic rings. The topological polar surface area (TPSA) is 275 Å². The number of carbonyl (C=O) groups is 8. The molecule has 0 aliphatic heterocycles. The second-order valence-corrected chi connectivity index (χ2v) is 19.3. The third-order valence-corrected chi connectivity index (χ3v) is 11.7. The maximum absolute atomic E-state index is 14.0. The third-order valence-electron chi connectivity index (χ3n) is 11.7. The van der Waals surface area contributed by atoms with E-state index in [0.29, 0.717) is 52.0 Å². The average molecular weight is 879 g/mol. The normalized spacial score (nSPS) is 15.7. The SMILES string of the molecule is CCCNC(=O)C(CC(CC(CC(CC(C(=O)NCCC)C(C)(C)C)C(=O)NCCC)C(N)=O)C(N)=O)CC(CC(CC(C(=O)NCCC)C(C)(C)C)C(N)=O)C(=O)NCCC. The molecule has 0 saturated carbocycles. The van der Waals surface area contributed by atoms with Crippen LogP contribution in [0.5, 0.6) is 0 Å². The van der Waals surface area contributed by atoms with Gasteiger partial charge in [-0.1, -0.05) is 76.2 Å². The minimum Gasteiger partial charge on any atom is -0.369 e. The molecule has 8 atom stereocenters. The van der Waals surface area contributed by atoms with Gasteiger partial charge in [0, 0.05) is 80.1 Å². The van der Waals surface area contributed by atoms with Crippen LogP contribution < -0.4 is 43.8 Å². The third kappa shape index (κ3) is 21.7. The van der Waals surface area contributed by atoms with E-state index in [1.165, 1.54) is 0 Å². The summed E-state index contributed by atoms with van der Waals surface area (Å²) in [4.78, 5) is 108. The van der Waals surface area contributed by atoms with Crippen molar-refractivity contribution in [3.8, 4) is 0 Å². The largest absolute Gasteiger partial charge is 0.369 e. The molecule has 0 aromatic carbocycles. The number of carbonyl (C=O) groups excluding carboxylic acids is 8. The van der Waals surface area contributed by atoms with Gasteiger partial charge in [-0.2, -0.15) is 0 Å². The van der Waals surface area contributed by atoms with E-state index in [4.69, 9.17) is 17.2 Å². The summed E-state index contributed by atoms with van der Waals surface area (Å²) in [5, 5.41) is 14.5. The first-order chi connectivity index (χ1) is 28.9. The fraction of sp³-hybridized carbons (Fsp3) is 0.826. The lowest BCUT2D eigenvalue weighted by Gasteiger charge is -2.34. The van der Waals surface area contributed by atoms with Crippen LogP contribution in [0.3, 0.4) is 0 Å². The molecule has 0 heterocycles. The predicted molar refractivity (Wildman–Crippen MR) is 243 cm³/mol. The number of primary amides is 3. The molecule has 0 fully saturated rings. The van der Waals surface area contributed by atoms with Crippen LogP contribution in [0.2, 0.25) is 0 Å². The Morgan fingerprint density at radius 2 is 0.532 bits per heavy atom. The summed E-state index contributed by atoms with van der Waals surface area (Å²) in [6.45, 7) is 22.9. The van der Waals surface area contributed by atoms with Crippen molar-refractivity contribution < 1.29 is 38.4 Å². The average Bonchev–Trinajstić information content (AvgIpc) is 3.18. The highest BCUT2D eigenvalue weighted by atomic mass is 16.2. The van der Waals surface area contributed by atoms with E-state index in [1.807, 2.05) is 76.2 Å². The zero-order valence-corrected chi connectivity index (χ0v) is 40.1. The van der Waals surface area contributed by atoms with Gasteiger partial charge in [0.15, 0.2) is 0 Å². The predicted octanol–water partition coefficient (Wildman–Crippen LogP) is 3.83. The van der Waals surface area contributed by atoms with Crippen molar-refractivity contribution in [1.29, 1.82) is 0 Å². The maximum atomic E-state index is 14.0. The number of amides is 8. The van der Waals surface area contributed by atoms with Crippen molar-refractivity contribution in [1.82, 2.24) is 26.6 Å². The molecule has 0 aliphatic carbocycles. The summed E-state index contributed by atoms with van der Waals surface area (Å²) in [6.07, 6.45) is 2.96. The Morgan fingerprint density at radius 3 is 0.774 bits per heavy atom. The quantitative estimate of drug-likeness (QED) is 0.0491. The van der Waals surface area contributed by atoms with Gasteiger partial charge in [-0.25, -0.2) is 0 Å². The Balaban J connectivity index is 7.09. The number of hydrogen-bond donors (Lipinski definition) is 8. The van der Waals surface area contributed by atoms with Crippen LogP contribution in [-0.4, -0.2) is 80.0 Å². The van der Waals surface area contributed by atoms with Crippen LogP contribution in [0.15, 0.2) is 0 Å². The summed E-state index contributed by atoms with van der Waals surface area (Å²) >= 11 is 0. The fourth-order valence-electron chi connectivity index (χ4n) is 7.83. The molecule has 358 valence electrons. The molecular weight excluding hydrogens is 793 g/mol. The van der Waals surface area contributed by atoms with Crippen molar-refractivity contribution in [3.05, 3.63) is 0 Å². The van der Waals surface area contributed by atoms with E-state index >= 15 is 0 Å². The van der Waals surface area contributed by atoms with E-state index in [1.54, 1.807) is 0 Å². The number of rotatable bonds is 32. The number of nitrogens with two attached hydrogens (primary N) is 3. The van der Waals surface area contributed by atoms with Gasteiger partial charge >= 0.3 is 0 Å². The van der Waals surface area contributed by atoms with Crippen LogP contribution in [0.25, 0.3) is 0 Å². The molecule has 8 amide bonds. The highest BCUT2D eigenvalue weighted by molar-refractivity contribution is 5.86. The minimum absolute atomic E-state index is 0.0590. The molecule has 8 unspecified atom stereocenters. The Hall–Kier alpha value is -4.24. The number of nitrogens with one attached hydrogen (secondary N) is 5. The van der Waals surface area contributed by atoms with E-state index in [9.17, 15) is 38.4 Å². The van der Waals surface area contributed by atoms with Gasteiger partial charge in [-0.3, -0.25) is 38.4 Å². The lowest BCUT2D eigenvalue weighted by molar-refractivity contribution is -0.134. The van der Waals surface area contributed by atoms with E-state index < -0.39 is 87.7 Å². The molecule has 0 radical (unpaired) electrons. The van der Waals surface area contributed by atoms with Crippen molar-refractivity contribution in [2.75, 3.05) is 32.7 Å². The molecular formula is C46H86N8O8. The lowest BCUT2D eigenvalue weighted by Crippen LogP contribution is -2.44. The molecule has 0 aromatic heterocycles. The van der Waals surface area contributed by atoms with Gasteiger partial charge in [0.2, 0.25) is 47.3 Å². The lowest BCUT2D eigenvalue weighted by atomic mass is 9.72. The minimum atomic E-state index is -1.09. The second-order valence-electron chi connectivity index (χ2n) is 19.3. The Morgan fingerprint density at radius 1 is 0.339 bits per heavy atom. The first-order valence-electron chi connectivity index (χ1n) is 23.2. The monoisotopic (exact) mass is 879 g/mol. The molecule has 0 rings (SSSR count). The molecule has 0 spiro atoms.